The molecule has 1 nitrogen and oxygen atoms in total. The highest BCUT2D eigenvalue weighted by Gasteiger charge is 2.11. The first-order chi connectivity index (χ1) is 5.66. The van der Waals surface area contributed by atoms with Gasteiger partial charge in [0.15, 0.2) is 0 Å². The molecule has 0 saturated heterocycles. The van der Waals surface area contributed by atoms with Crippen molar-refractivity contribution in [3.8, 4) is 0 Å². The van der Waals surface area contributed by atoms with Crippen molar-refractivity contribution in [3.63, 3.8) is 0 Å². The molecule has 1 aromatic rings. The first-order valence-corrected chi connectivity index (χ1v) is 3.80. The SMILES string of the molecule is Cl.N[C@@H](CF)c1cccc(F)c1Cl. The molecule has 2 N–H and O–H groups in total. The van der Waals surface area contributed by atoms with E-state index < -0.39 is 18.5 Å². The number of hydrogen-bond acceptors (Lipinski definition) is 1. The lowest BCUT2D eigenvalue weighted by atomic mass is 10.1. The molecule has 13 heavy (non-hydrogen) atoms. The summed E-state index contributed by atoms with van der Waals surface area (Å²) in [5.41, 5.74) is 5.64. The van der Waals surface area contributed by atoms with Gasteiger partial charge in [-0.2, -0.15) is 0 Å². The smallest absolute Gasteiger partial charge is 0.142 e. The Morgan fingerprint density at radius 2 is 2.08 bits per heavy atom. The van der Waals surface area contributed by atoms with Crippen LogP contribution in [-0.4, -0.2) is 6.67 Å². The third-order valence-corrected chi connectivity index (χ3v) is 1.95. The largest absolute Gasteiger partial charge is 0.322 e. The van der Waals surface area contributed by atoms with Crippen LogP contribution in [-0.2, 0) is 0 Å². The van der Waals surface area contributed by atoms with Crippen molar-refractivity contribution in [1.82, 2.24) is 0 Å². The Hall–Kier alpha value is -0.380. The minimum Gasteiger partial charge on any atom is -0.322 e. The molecule has 0 aromatic heterocycles. The zero-order chi connectivity index (χ0) is 9.14. The standard InChI is InChI=1S/C8H8ClF2N.ClH/c9-8-5(7(12)4-10)2-1-3-6(8)11;/h1-3,7H,4,12H2;1H/t7-;/m0./s1. The van der Waals surface area contributed by atoms with Crippen molar-refractivity contribution >= 4 is 24.0 Å². The second-order valence-electron chi connectivity index (χ2n) is 2.40. The Bertz CT molecular complexity index is 281. The number of hydrogen-bond donors (Lipinski definition) is 1. The van der Waals surface area contributed by atoms with Crippen molar-refractivity contribution in [2.75, 3.05) is 6.67 Å². The van der Waals surface area contributed by atoms with E-state index in [0.717, 1.165) is 0 Å². The van der Waals surface area contributed by atoms with E-state index in [2.05, 4.69) is 0 Å². The average Bonchev–Trinajstić information content (AvgIpc) is 2.08. The monoisotopic (exact) mass is 227 g/mol. The quantitative estimate of drug-likeness (QED) is 0.827. The highest BCUT2D eigenvalue weighted by molar-refractivity contribution is 6.31. The fourth-order valence-corrected chi connectivity index (χ4v) is 1.16. The molecule has 0 saturated carbocycles. The summed E-state index contributed by atoms with van der Waals surface area (Å²) in [7, 11) is 0. The average molecular weight is 228 g/mol. The molecule has 1 rings (SSSR count). The highest BCUT2D eigenvalue weighted by atomic mass is 35.5. The molecule has 0 bridgehead atoms. The van der Waals surface area contributed by atoms with Gasteiger partial charge in [-0.1, -0.05) is 23.7 Å². The molecule has 0 aliphatic carbocycles. The molecular weight excluding hydrogens is 219 g/mol. The second kappa shape index (κ2) is 5.37. The fourth-order valence-electron chi connectivity index (χ4n) is 0.890. The van der Waals surface area contributed by atoms with Crippen LogP contribution in [0.1, 0.15) is 11.6 Å². The molecule has 0 spiro atoms. The van der Waals surface area contributed by atoms with E-state index >= 15 is 0 Å². The zero-order valence-electron chi connectivity index (χ0n) is 6.64. The van der Waals surface area contributed by atoms with Crippen LogP contribution >= 0.6 is 24.0 Å². The number of rotatable bonds is 2. The topological polar surface area (TPSA) is 26.0 Å². The van der Waals surface area contributed by atoms with Gasteiger partial charge in [-0.05, 0) is 11.6 Å². The molecule has 0 radical (unpaired) electrons. The summed E-state index contributed by atoms with van der Waals surface area (Å²) >= 11 is 5.55. The zero-order valence-corrected chi connectivity index (χ0v) is 8.21. The highest BCUT2D eigenvalue weighted by Crippen LogP contribution is 2.24. The van der Waals surface area contributed by atoms with Crippen LogP contribution in [0, 0.1) is 5.82 Å². The van der Waals surface area contributed by atoms with E-state index in [9.17, 15) is 8.78 Å². The van der Waals surface area contributed by atoms with Crippen LogP contribution in [0.3, 0.4) is 0 Å². The lowest BCUT2D eigenvalue weighted by molar-refractivity contribution is 0.436. The van der Waals surface area contributed by atoms with Crippen LogP contribution in [0.25, 0.3) is 0 Å². The van der Waals surface area contributed by atoms with Crippen LogP contribution in [0.4, 0.5) is 8.78 Å². The first kappa shape index (κ1) is 12.6. The second-order valence-corrected chi connectivity index (χ2v) is 2.78. The maximum absolute atomic E-state index is 12.8. The van der Waals surface area contributed by atoms with Gasteiger partial charge >= 0.3 is 0 Å². The first-order valence-electron chi connectivity index (χ1n) is 3.42. The van der Waals surface area contributed by atoms with Gasteiger partial charge in [0.05, 0.1) is 11.1 Å². The Morgan fingerprint density at radius 3 is 2.62 bits per heavy atom. The number of halogens is 4. The predicted octanol–water partition coefficient (Wildman–Crippen LogP) is 2.87. The summed E-state index contributed by atoms with van der Waals surface area (Å²) in [5.74, 6) is -0.571. The molecule has 0 heterocycles. The number of benzene rings is 1. The Kier molecular flexibility index (Phi) is 5.21. The van der Waals surface area contributed by atoms with Gasteiger partial charge in [0.2, 0.25) is 0 Å². The summed E-state index contributed by atoms with van der Waals surface area (Å²) in [5, 5.41) is -0.0948. The van der Waals surface area contributed by atoms with Crippen molar-refractivity contribution in [2.45, 2.75) is 6.04 Å². The van der Waals surface area contributed by atoms with Gasteiger partial charge in [0.1, 0.15) is 12.5 Å². The Morgan fingerprint density at radius 1 is 1.46 bits per heavy atom. The van der Waals surface area contributed by atoms with Crippen molar-refractivity contribution < 1.29 is 8.78 Å². The molecule has 0 fully saturated rings. The van der Waals surface area contributed by atoms with E-state index in [0.29, 0.717) is 5.56 Å². The molecule has 5 heteroatoms. The Balaban J connectivity index is 0.00000144. The van der Waals surface area contributed by atoms with E-state index in [1.807, 2.05) is 0 Å². The summed E-state index contributed by atoms with van der Waals surface area (Å²) in [6.45, 7) is -0.747. The molecule has 0 aliphatic rings. The molecule has 1 atom stereocenters. The van der Waals surface area contributed by atoms with E-state index in [1.165, 1.54) is 18.2 Å². The molecular formula is C8H9Cl2F2N. The summed E-state index contributed by atoms with van der Waals surface area (Å²) in [6.07, 6.45) is 0. The number of alkyl halides is 1. The van der Waals surface area contributed by atoms with Gasteiger partial charge in [-0.3, -0.25) is 0 Å². The maximum atomic E-state index is 12.8. The predicted molar refractivity (Wildman–Crippen MR) is 51.6 cm³/mol. The third kappa shape index (κ3) is 2.79. The summed E-state index contributed by atoms with van der Waals surface area (Å²) < 4.78 is 24.8. The minimum atomic E-state index is -0.840. The summed E-state index contributed by atoms with van der Waals surface area (Å²) in [6, 6.07) is 3.33. The lowest BCUT2D eigenvalue weighted by Gasteiger charge is -2.09. The molecule has 1 aromatic carbocycles. The van der Waals surface area contributed by atoms with Crippen molar-refractivity contribution in [1.29, 1.82) is 0 Å². The van der Waals surface area contributed by atoms with Crippen LogP contribution in [0.15, 0.2) is 18.2 Å². The van der Waals surface area contributed by atoms with Crippen LogP contribution in [0.5, 0.6) is 0 Å². The van der Waals surface area contributed by atoms with E-state index in [-0.39, 0.29) is 17.4 Å². The van der Waals surface area contributed by atoms with Crippen LogP contribution < -0.4 is 5.73 Å². The van der Waals surface area contributed by atoms with Gasteiger partial charge in [0.25, 0.3) is 0 Å². The van der Waals surface area contributed by atoms with Crippen molar-refractivity contribution in [3.05, 3.63) is 34.6 Å². The van der Waals surface area contributed by atoms with E-state index in [4.69, 9.17) is 17.3 Å². The lowest BCUT2D eigenvalue weighted by Crippen LogP contribution is -2.12. The van der Waals surface area contributed by atoms with Gasteiger partial charge < -0.3 is 5.73 Å². The van der Waals surface area contributed by atoms with Crippen LogP contribution in [0.2, 0.25) is 5.02 Å². The normalized spacial score (nSPS) is 12.0. The maximum Gasteiger partial charge on any atom is 0.142 e. The van der Waals surface area contributed by atoms with Gasteiger partial charge in [0, 0.05) is 0 Å². The summed E-state index contributed by atoms with van der Waals surface area (Å²) in [4.78, 5) is 0. The van der Waals surface area contributed by atoms with E-state index in [1.54, 1.807) is 0 Å². The molecule has 0 aliphatic heterocycles. The third-order valence-electron chi connectivity index (χ3n) is 1.55. The van der Waals surface area contributed by atoms with Gasteiger partial charge in [-0.25, -0.2) is 8.78 Å². The fraction of sp³-hybridized carbons (Fsp3) is 0.250. The minimum absolute atomic E-state index is 0. The molecule has 0 unspecified atom stereocenters. The van der Waals surface area contributed by atoms with Crippen molar-refractivity contribution in [2.24, 2.45) is 5.73 Å². The Labute approximate surface area is 86.3 Å². The molecule has 0 amide bonds. The van der Waals surface area contributed by atoms with Gasteiger partial charge in [-0.15, -0.1) is 12.4 Å². The number of nitrogens with two attached hydrogens (primary N) is 1. The molecule has 74 valence electrons.